The average molecular weight is 287 g/mol. The first-order chi connectivity index (χ1) is 9.72. The van der Waals surface area contributed by atoms with Gasteiger partial charge in [-0.15, -0.1) is 0 Å². The fraction of sp³-hybridized carbons (Fsp3) is 0.188. The van der Waals surface area contributed by atoms with Crippen molar-refractivity contribution in [2.75, 3.05) is 7.05 Å². The quantitative estimate of drug-likeness (QED) is 0.915. The highest BCUT2D eigenvalue weighted by Crippen LogP contribution is 2.26. The van der Waals surface area contributed by atoms with Crippen molar-refractivity contribution in [2.45, 2.75) is 13.2 Å². The summed E-state index contributed by atoms with van der Waals surface area (Å²) in [4.78, 5) is 0. The summed E-state index contributed by atoms with van der Waals surface area (Å²) in [5, 5.41) is 12.5. The number of hydrogen-bond acceptors (Lipinski definition) is 3. The molecule has 20 heavy (non-hydrogen) atoms. The average Bonchev–Trinajstić information content (AvgIpc) is 2.47. The maximum absolute atomic E-state index is 8.85. The number of nitrogens with zero attached hydrogens (tertiary/aromatic N) is 1. The first-order valence-corrected chi connectivity index (χ1v) is 6.65. The van der Waals surface area contributed by atoms with Crippen LogP contribution in [0.3, 0.4) is 0 Å². The predicted molar refractivity (Wildman–Crippen MR) is 79.7 cm³/mol. The van der Waals surface area contributed by atoms with Gasteiger partial charge in [0.15, 0.2) is 0 Å². The molecule has 0 unspecified atom stereocenters. The Morgan fingerprint density at radius 3 is 2.75 bits per heavy atom. The van der Waals surface area contributed by atoms with Crippen LogP contribution in [0.15, 0.2) is 42.5 Å². The smallest absolute Gasteiger partial charge is 0.138 e. The molecule has 0 saturated carbocycles. The van der Waals surface area contributed by atoms with E-state index in [2.05, 4.69) is 11.4 Å². The molecule has 0 amide bonds. The molecule has 0 aliphatic carbocycles. The van der Waals surface area contributed by atoms with Crippen molar-refractivity contribution in [3.8, 4) is 11.8 Å². The molecule has 2 aromatic rings. The van der Waals surface area contributed by atoms with Gasteiger partial charge in [-0.25, -0.2) is 0 Å². The summed E-state index contributed by atoms with van der Waals surface area (Å²) in [7, 11) is 1.89. The van der Waals surface area contributed by atoms with Crippen molar-refractivity contribution in [3.63, 3.8) is 0 Å². The highest BCUT2D eigenvalue weighted by molar-refractivity contribution is 6.32. The third-order valence-corrected chi connectivity index (χ3v) is 3.12. The Hall–Kier alpha value is -2.02. The fourth-order valence-electron chi connectivity index (χ4n) is 1.87. The summed E-state index contributed by atoms with van der Waals surface area (Å²) >= 11 is 6.18. The number of nitrogens with one attached hydrogen (secondary N) is 1. The Kier molecular flexibility index (Phi) is 5.00. The molecule has 0 aliphatic heterocycles. The lowest BCUT2D eigenvalue weighted by Gasteiger charge is -2.10. The second-order valence-corrected chi connectivity index (χ2v) is 4.80. The Morgan fingerprint density at radius 2 is 2.05 bits per heavy atom. The normalized spacial score (nSPS) is 10.1. The molecule has 3 nitrogen and oxygen atoms in total. The van der Waals surface area contributed by atoms with Crippen molar-refractivity contribution in [3.05, 3.63) is 64.2 Å². The number of halogens is 1. The molecule has 2 aromatic carbocycles. The van der Waals surface area contributed by atoms with Gasteiger partial charge in [0, 0.05) is 6.54 Å². The lowest BCUT2D eigenvalue weighted by molar-refractivity contribution is 0.306. The van der Waals surface area contributed by atoms with E-state index in [4.69, 9.17) is 21.6 Å². The van der Waals surface area contributed by atoms with Gasteiger partial charge in [0.05, 0.1) is 16.7 Å². The molecule has 0 aliphatic rings. The van der Waals surface area contributed by atoms with E-state index in [0.29, 0.717) is 22.9 Å². The van der Waals surface area contributed by atoms with Gasteiger partial charge < -0.3 is 10.1 Å². The van der Waals surface area contributed by atoms with Crippen LogP contribution >= 0.6 is 11.6 Å². The van der Waals surface area contributed by atoms with E-state index < -0.39 is 0 Å². The minimum atomic E-state index is 0.389. The molecule has 0 bridgehead atoms. The number of rotatable bonds is 5. The topological polar surface area (TPSA) is 45.0 Å². The van der Waals surface area contributed by atoms with Crippen LogP contribution in [-0.2, 0) is 13.2 Å². The van der Waals surface area contributed by atoms with E-state index >= 15 is 0 Å². The molecule has 4 heteroatoms. The van der Waals surface area contributed by atoms with Crippen molar-refractivity contribution in [2.24, 2.45) is 0 Å². The second-order valence-electron chi connectivity index (χ2n) is 4.40. The molecule has 0 aromatic heterocycles. The number of nitriles is 1. The van der Waals surface area contributed by atoms with Crippen LogP contribution in [-0.4, -0.2) is 7.05 Å². The van der Waals surface area contributed by atoms with E-state index in [1.54, 1.807) is 6.07 Å². The van der Waals surface area contributed by atoms with Crippen molar-refractivity contribution in [1.82, 2.24) is 5.32 Å². The Morgan fingerprint density at radius 1 is 1.20 bits per heavy atom. The standard InChI is InChI=1S/C16H15ClN2O/c1-19-10-13-5-6-16(15(17)8-13)20-11-14-4-2-3-12(7-14)9-18/h2-8,19H,10-11H2,1H3. The second kappa shape index (κ2) is 6.95. The monoisotopic (exact) mass is 286 g/mol. The van der Waals surface area contributed by atoms with Gasteiger partial charge in [0.1, 0.15) is 12.4 Å². The van der Waals surface area contributed by atoms with Crippen molar-refractivity contribution < 1.29 is 4.74 Å². The zero-order valence-corrected chi connectivity index (χ0v) is 11.9. The number of hydrogen-bond donors (Lipinski definition) is 1. The van der Waals surface area contributed by atoms with E-state index in [9.17, 15) is 0 Å². The molecule has 0 spiro atoms. The molecular formula is C16H15ClN2O. The molecule has 0 saturated heterocycles. The predicted octanol–water partition coefficient (Wildman–Crippen LogP) is 3.51. The Labute approximate surface area is 123 Å². The molecule has 1 N–H and O–H groups in total. The highest BCUT2D eigenvalue weighted by Gasteiger charge is 2.04. The summed E-state index contributed by atoms with van der Waals surface area (Å²) in [6, 6.07) is 15.2. The molecule has 0 fully saturated rings. The van der Waals surface area contributed by atoms with E-state index in [0.717, 1.165) is 17.7 Å². The number of ether oxygens (including phenoxy) is 1. The first kappa shape index (κ1) is 14.4. The van der Waals surface area contributed by atoms with Crippen LogP contribution in [0.2, 0.25) is 5.02 Å². The lowest BCUT2D eigenvalue weighted by Crippen LogP contribution is -2.05. The van der Waals surface area contributed by atoms with Crippen molar-refractivity contribution >= 4 is 11.6 Å². The Balaban J connectivity index is 2.05. The summed E-state index contributed by atoms with van der Waals surface area (Å²) in [5.41, 5.74) is 2.68. The van der Waals surface area contributed by atoms with E-state index in [-0.39, 0.29) is 0 Å². The van der Waals surface area contributed by atoms with E-state index in [1.165, 1.54) is 0 Å². The van der Waals surface area contributed by atoms with Crippen LogP contribution in [0.1, 0.15) is 16.7 Å². The van der Waals surface area contributed by atoms with Gasteiger partial charge in [-0.3, -0.25) is 0 Å². The summed E-state index contributed by atoms with van der Waals surface area (Å²) in [6.07, 6.45) is 0. The maximum atomic E-state index is 8.85. The summed E-state index contributed by atoms with van der Waals surface area (Å²) in [5.74, 6) is 0.647. The summed E-state index contributed by atoms with van der Waals surface area (Å²) in [6.45, 7) is 1.16. The molecule has 0 heterocycles. The van der Waals surface area contributed by atoms with Gasteiger partial charge in [0.25, 0.3) is 0 Å². The highest BCUT2D eigenvalue weighted by atomic mass is 35.5. The Bertz CT molecular complexity index is 635. The number of benzene rings is 2. The maximum Gasteiger partial charge on any atom is 0.138 e. The van der Waals surface area contributed by atoms with Gasteiger partial charge in [0.2, 0.25) is 0 Å². The van der Waals surface area contributed by atoms with Gasteiger partial charge >= 0.3 is 0 Å². The van der Waals surface area contributed by atoms with Crippen molar-refractivity contribution in [1.29, 1.82) is 5.26 Å². The largest absolute Gasteiger partial charge is 0.487 e. The minimum absolute atomic E-state index is 0.389. The molecule has 0 atom stereocenters. The van der Waals surface area contributed by atoms with Crippen LogP contribution in [0.5, 0.6) is 5.75 Å². The zero-order valence-electron chi connectivity index (χ0n) is 11.2. The van der Waals surface area contributed by atoms with Crippen LogP contribution < -0.4 is 10.1 Å². The molecule has 0 radical (unpaired) electrons. The molecule has 2 rings (SSSR count). The van der Waals surface area contributed by atoms with E-state index in [1.807, 2.05) is 43.4 Å². The fourth-order valence-corrected chi connectivity index (χ4v) is 2.12. The van der Waals surface area contributed by atoms with Gasteiger partial charge in [-0.1, -0.05) is 29.8 Å². The molecular weight excluding hydrogens is 272 g/mol. The first-order valence-electron chi connectivity index (χ1n) is 6.28. The minimum Gasteiger partial charge on any atom is -0.487 e. The SMILES string of the molecule is CNCc1ccc(OCc2cccc(C#N)c2)c(Cl)c1. The van der Waals surface area contributed by atoms with Gasteiger partial charge in [-0.05, 0) is 42.4 Å². The zero-order chi connectivity index (χ0) is 14.4. The van der Waals surface area contributed by atoms with Gasteiger partial charge in [-0.2, -0.15) is 5.26 Å². The van der Waals surface area contributed by atoms with Crippen LogP contribution in [0.4, 0.5) is 0 Å². The molecule has 102 valence electrons. The third kappa shape index (κ3) is 3.74. The lowest BCUT2D eigenvalue weighted by atomic mass is 10.1. The summed E-state index contributed by atoms with van der Waals surface area (Å²) < 4.78 is 5.69. The van der Waals surface area contributed by atoms with Crippen LogP contribution in [0, 0.1) is 11.3 Å². The van der Waals surface area contributed by atoms with Crippen LogP contribution in [0.25, 0.3) is 0 Å². The third-order valence-electron chi connectivity index (χ3n) is 2.83.